The summed E-state index contributed by atoms with van der Waals surface area (Å²) in [6.45, 7) is 9.19. The van der Waals surface area contributed by atoms with E-state index >= 15 is 8.78 Å². The number of nitrogens with zero attached hydrogens (tertiary/aromatic N) is 3. The standard InChI is InChI=1S/C44H54F2N4O6.CO2/c1-7-42-13-10-15-50-16-14-43(36(42)50)32-19-31(27(24-51)18-34(32)48(5)37(43)44(54,39(53)55-6)38(42)56-25(2)52)40(3)20-26-17-28(41(4,45)46)22-49(21-26)23-30-29-11-8-9-12-33(29)47-35(30)40;2-1-3/h8-13,18-19,26,28,36-38,47,51,54H,7,14-17,20-24H2,1-6H3;/t26-,28-,36?,37?,38+,40+,42+,43+,44-;/m0./s1. The first kappa shape index (κ1) is 41.3. The lowest BCUT2D eigenvalue weighted by atomic mass is 9.47. The van der Waals surface area contributed by atoms with Gasteiger partial charge < -0.3 is 29.6 Å². The molecule has 1 saturated carbocycles. The van der Waals surface area contributed by atoms with Crippen LogP contribution in [0.2, 0.25) is 0 Å². The summed E-state index contributed by atoms with van der Waals surface area (Å²) in [5, 5.41) is 25.6. The van der Waals surface area contributed by atoms with Gasteiger partial charge in [-0.2, -0.15) is 9.59 Å². The Labute approximate surface area is 342 Å². The maximum atomic E-state index is 15.2. The third-order valence-corrected chi connectivity index (χ3v) is 15.2. The largest absolute Gasteiger partial charge is 0.467 e. The summed E-state index contributed by atoms with van der Waals surface area (Å²) >= 11 is 0. The Morgan fingerprint density at radius 1 is 1.12 bits per heavy atom. The number of hydrogen-bond donors (Lipinski definition) is 3. The van der Waals surface area contributed by atoms with Crippen LogP contribution >= 0.6 is 0 Å². The van der Waals surface area contributed by atoms with Crippen molar-refractivity contribution < 1.29 is 47.6 Å². The van der Waals surface area contributed by atoms with Crippen molar-refractivity contribution in [1.29, 1.82) is 0 Å². The molecule has 2 bridgehead atoms. The molecule has 5 aliphatic heterocycles. The Kier molecular flexibility index (Phi) is 10.0. The van der Waals surface area contributed by atoms with Gasteiger partial charge in [-0.25, -0.2) is 13.6 Å². The van der Waals surface area contributed by atoms with Gasteiger partial charge in [0.2, 0.25) is 11.5 Å². The summed E-state index contributed by atoms with van der Waals surface area (Å²) in [7, 11) is 3.12. The molecule has 2 saturated heterocycles. The number of likely N-dealkylation sites (N-methyl/N-ethyl adjacent to an activating group) is 1. The third kappa shape index (κ3) is 5.73. The van der Waals surface area contributed by atoms with Gasteiger partial charge in [0.25, 0.3) is 0 Å². The molecule has 0 amide bonds. The molecule has 2 aromatic carbocycles. The molecular formula is C45H54F2N4O8. The molecule has 316 valence electrons. The second kappa shape index (κ2) is 14.3. The SMILES string of the molecule is CC[C@]12C=CCN3CC[C@@]4(c5cc([C@@]6(C)C[C@@H]7C[C@H](C(C)(F)F)CN(Cc8c6[nH]c6ccccc86)C7)c(CO)cc5N(C)C4[C@@](O)(C(=O)OC)[C@@H]1OC(C)=O)C32.O=C=O. The van der Waals surface area contributed by atoms with E-state index in [0.29, 0.717) is 64.0 Å². The van der Waals surface area contributed by atoms with Gasteiger partial charge in [-0.15, -0.1) is 0 Å². The van der Waals surface area contributed by atoms with Crippen LogP contribution in [-0.2, 0) is 52.6 Å². The van der Waals surface area contributed by atoms with Crippen molar-refractivity contribution in [2.75, 3.05) is 45.2 Å². The molecule has 1 aliphatic carbocycles. The predicted molar refractivity (Wildman–Crippen MR) is 212 cm³/mol. The number of aromatic amines is 1. The number of rotatable bonds is 6. The highest BCUT2D eigenvalue weighted by Crippen LogP contribution is 2.68. The van der Waals surface area contributed by atoms with Crippen molar-refractivity contribution in [2.24, 2.45) is 17.3 Å². The normalized spacial score (nSPS) is 35.5. The summed E-state index contributed by atoms with van der Waals surface area (Å²) in [5.74, 6) is -5.11. The number of aliphatic hydroxyl groups is 2. The van der Waals surface area contributed by atoms with Crippen molar-refractivity contribution >= 4 is 34.7 Å². The van der Waals surface area contributed by atoms with E-state index in [1.54, 1.807) is 0 Å². The number of esters is 2. The second-order valence-corrected chi connectivity index (χ2v) is 18.2. The number of alkyl halides is 2. The van der Waals surface area contributed by atoms with E-state index < -0.39 is 57.8 Å². The lowest BCUT2D eigenvalue weighted by molar-refractivity contribution is -0.228. The number of carbonyl (C=O) groups is 2. The molecule has 12 nitrogen and oxygen atoms in total. The molecule has 10 atom stereocenters. The van der Waals surface area contributed by atoms with Gasteiger partial charge in [0.05, 0.1) is 19.8 Å². The number of aromatic nitrogens is 1. The molecular weight excluding hydrogens is 763 g/mol. The van der Waals surface area contributed by atoms with Crippen LogP contribution in [-0.4, -0.2) is 113 Å². The molecule has 3 N–H and O–H groups in total. The molecule has 14 heteroatoms. The maximum Gasteiger partial charge on any atom is 0.373 e. The van der Waals surface area contributed by atoms with Crippen LogP contribution in [0.5, 0.6) is 0 Å². The van der Waals surface area contributed by atoms with Gasteiger partial charge in [-0.3, -0.25) is 14.6 Å². The molecule has 3 aromatic rings. The topological polar surface area (TPSA) is 153 Å². The number of nitrogens with one attached hydrogen (secondary N) is 1. The van der Waals surface area contributed by atoms with Crippen molar-refractivity contribution in [1.82, 2.24) is 14.8 Å². The van der Waals surface area contributed by atoms with E-state index in [9.17, 15) is 19.8 Å². The monoisotopic (exact) mass is 816 g/mol. The van der Waals surface area contributed by atoms with E-state index in [1.165, 1.54) is 14.0 Å². The summed E-state index contributed by atoms with van der Waals surface area (Å²) in [4.78, 5) is 53.8. The molecule has 6 aliphatic rings. The van der Waals surface area contributed by atoms with E-state index in [0.717, 1.165) is 45.9 Å². The Morgan fingerprint density at radius 3 is 2.51 bits per heavy atom. The minimum absolute atomic E-state index is 0.0423. The molecule has 3 unspecified atom stereocenters. The zero-order valence-electron chi connectivity index (χ0n) is 34.5. The zero-order chi connectivity index (χ0) is 42.4. The number of anilines is 1. The number of methoxy groups -OCH3 is 1. The molecule has 59 heavy (non-hydrogen) atoms. The number of para-hydroxylation sites is 1. The number of ether oxygens (including phenoxy) is 2. The highest BCUT2D eigenvalue weighted by molar-refractivity contribution is 5.88. The lowest BCUT2D eigenvalue weighted by Gasteiger charge is -2.63. The first-order chi connectivity index (χ1) is 28.0. The van der Waals surface area contributed by atoms with Crippen molar-refractivity contribution in [3.63, 3.8) is 0 Å². The minimum Gasteiger partial charge on any atom is -0.467 e. The summed E-state index contributed by atoms with van der Waals surface area (Å²) in [6, 6.07) is 11.3. The van der Waals surface area contributed by atoms with Gasteiger partial charge in [-0.1, -0.05) is 43.3 Å². The van der Waals surface area contributed by atoms with Crippen molar-refractivity contribution in [2.45, 2.75) is 107 Å². The molecule has 6 heterocycles. The molecule has 0 radical (unpaired) electrons. The summed E-state index contributed by atoms with van der Waals surface area (Å²) in [5.41, 5.74) is 1.65. The van der Waals surface area contributed by atoms with Crippen LogP contribution in [0.3, 0.4) is 0 Å². The minimum atomic E-state index is -2.83. The van der Waals surface area contributed by atoms with Crippen molar-refractivity contribution in [3.05, 3.63) is 76.5 Å². The fourth-order valence-electron chi connectivity index (χ4n) is 13.2. The lowest BCUT2D eigenvalue weighted by Crippen LogP contribution is -2.81. The second-order valence-electron chi connectivity index (χ2n) is 18.2. The number of piperidine rings is 1. The molecule has 1 aromatic heterocycles. The Hall–Kier alpha value is -4.46. The third-order valence-electron chi connectivity index (χ3n) is 15.2. The number of halogens is 2. The van der Waals surface area contributed by atoms with E-state index in [4.69, 9.17) is 19.1 Å². The number of fused-ring (bicyclic) bond motifs is 6. The van der Waals surface area contributed by atoms with Crippen LogP contribution < -0.4 is 4.90 Å². The number of H-pyrrole nitrogens is 1. The smallest absolute Gasteiger partial charge is 0.373 e. The number of benzene rings is 2. The van der Waals surface area contributed by atoms with E-state index in [2.05, 4.69) is 52.1 Å². The maximum absolute atomic E-state index is 15.2. The average molecular weight is 817 g/mol. The quantitative estimate of drug-likeness (QED) is 0.232. The highest BCUT2D eigenvalue weighted by atomic mass is 19.3. The Balaban J connectivity index is 0.00000157. The van der Waals surface area contributed by atoms with Gasteiger partial charge in [0.15, 0.2) is 6.10 Å². The van der Waals surface area contributed by atoms with Crippen molar-refractivity contribution in [3.8, 4) is 0 Å². The number of aliphatic hydroxyl groups excluding tert-OH is 1. The first-order valence-electron chi connectivity index (χ1n) is 20.6. The van der Waals surface area contributed by atoms with Crippen LogP contribution in [0.15, 0.2) is 48.6 Å². The number of hydrogen-bond acceptors (Lipinski definition) is 11. The first-order valence-corrected chi connectivity index (χ1v) is 20.6. The van der Waals surface area contributed by atoms with Crippen LogP contribution in [0.4, 0.5) is 14.5 Å². The molecule has 9 rings (SSSR count). The summed E-state index contributed by atoms with van der Waals surface area (Å²) < 4.78 is 41.9. The molecule has 3 fully saturated rings. The van der Waals surface area contributed by atoms with Gasteiger partial charge >= 0.3 is 18.1 Å². The Morgan fingerprint density at radius 2 is 1.85 bits per heavy atom. The van der Waals surface area contributed by atoms with Crippen LogP contribution in [0.25, 0.3) is 10.9 Å². The fraction of sp³-hybridized carbons (Fsp3) is 0.578. The van der Waals surface area contributed by atoms with Crippen LogP contribution in [0, 0.1) is 17.3 Å². The van der Waals surface area contributed by atoms with E-state index in [-0.39, 0.29) is 24.7 Å². The fourth-order valence-corrected chi connectivity index (χ4v) is 13.2. The molecule has 1 spiro atoms. The zero-order valence-corrected chi connectivity index (χ0v) is 34.5. The van der Waals surface area contributed by atoms with Gasteiger partial charge in [-0.05, 0) is 86.4 Å². The van der Waals surface area contributed by atoms with Gasteiger partial charge in [0.1, 0.15) is 0 Å². The van der Waals surface area contributed by atoms with Crippen LogP contribution in [0.1, 0.15) is 81.3 Å². The van der Waals surface area contributed by atoms with Gasteiger partial charge in [0, 0.05) is 90.6 Å². The highest BCUT2D eigenvalue weighted by Gasteiger charge is 2.80. The number of carbonyl (C=O) groups excluding carboxylic acids is 4. The van der Waals surface area contributed by atoms with E-state index in [1.807, 2.05) is 37.1 Å². The predicted octanol–water partition coefficient (Wildman–Crippen LogP) is 4.83. The Bertz CT molecular complexity index is 2250. The average Bonchev–Trinajstić information content (AvgIpc) is 3.85. The summed E-state index contributed by atoms with van der Waals surface area (Å²) in [6.07, 6.45) is 5.19.